The number of nitrogens with one attached hydrogen (secondary N) is 2. The van der Waals surface area contributed by atoms with Crippen molar-refractivity contribution in [2.75, 3.05) is 12.4 Å². The molecule has 0 fully saturated rings. The van der Waals surface area contributed by atoms with E-state index in [0.29, 0.717) is 24.8 Å². The molecule has 0 saturated heterocycles. The van der Waals surface area contributed by atoms with Crippen molar-refractivity contribution in [3.63, 3.8) is 0 Å². The number of thiophene rings is 2. The minimum atomic E-state index is -0.388. The number of hydrogen-bond donors (Lipinski definition) is 2. The molecule has 8 heteroatoms. The van der Waals surface area contributed by atoms with Gasteiger partial charge in [-0.15, -0.1) is 22.7 Å². The number of rotatable bonds is 3. The van der Waals surface area contributed by atoms with E-state index in [1.807, 2.05) is 0 Å². The number of amides is 2. The van der Waals surface area contributed by atoms with Crippen molar-refractivity contribution in [1.29, 1.82) is 0 Å². The van der Waals surface area contributed by atoms with Gasteiger partial charge in [0.2, 0.25) is 0 Å². The van der Waals surface area contributed by atoms with E-state index < -0.39 is 0 Å². The zero-order valence-electron chi connectivity index (χ0n) is 9.62. The first-order valence-electron chi connectivity index (χ1n) is 5.08. The third-order valence-corrected chi connectivity index (χ3v) is 4.58. The second kappa shape index (κ2) is 5.92. The zero-order valence-corrected chi connectivity index (χ0v) is 12.8. The van der Waals surface area contributed by atoms with E-state index in [1.54, 1.807) is 11.4 Å². The molecule has 2 N–H and O–H groups in total. The minimum Gasteiger partial charge on any atom is -0.355 e. The predicted octanol–water partition coefficient (Wildman–Crippen LogP) is 3.73. The van der Waals surface area contributed by atoms with Gasteiger partial charge in [-0.25, -0.2) is 0 Å². The summed E-state index contributed by atoms with van der Waals surface area (Å²) in [6.07, 6.45) is 0. The van der Waals surface area contributed by atoms with Crippen molar-refractivity contribution < 1.29 is 9.59 Å². The third-order valence-electron chi connectivity index (χ3n) is 2.27. The van der Waals surface area contributed by atoms with E-state index in [-0.39, 0.29) is 11.8 Å². The van der Waals surface area contributed by atoms with Crippen LogP contribution in [-0.4, -0.2) is 18.9 Å². The third kappa shape index (κ3) is 3.09. The van der Waals surface area contributed by atoms with Crippen molar-refractivity contribution in [3.8, 4) is 0 Å². The standard InChI is InChI=1S/C11H8Cl2N2O2S2/c1-14-9(16)5-2-3-18-11(5)15-10(17)6-4-7(12)19-8(6)13/h2-4H,1H3,(H,14,16)(H,15,17). The Bertz CT molecular complexity index is 636. The van der Waals surface area contributed by atoms with Gasteiger partial charge in [0.25, 0.3) is 11.8 Å². The number of halogens is 2. The summed E-state index contributed by atoms with van der Waals surface area (Å²) in [7, 11) is 1.53. The van der Waals surface area contributed by atoms with Gasteiger partial charge in [0, 0.05) is 7.05 Å². The van der Waals surface area contributed by atoms with Gasteiger partial charge in [-0.1, -0.05) is 23.2 Å². The van der Waals surface area contributed by atoms with Gasteiger partial charge < -0.3 is 10.6 Å². The normalized spacial score (nSPS) is 10.3. The van der Waals surface area contributed by atoms with E-state index in [1.165, 1.54) is 24.5 Å². The lowest BCUT2D eigenvalue weighted by atomic mass is 10.3. The van der Waals surface area contributed by atoms with Crippen LogP contribution < -0.4 is 10.6 Å². The second-order valence-corrected chi connectivity index (χ2v) is 6.64. The SMILES string of the molecule is CNC(=O)c1ccsc1NC(=O)c1cc(Cl)sc1Cl. The highest BCUT2D eigenvalue weighted by Crippen LogP contribution is 2.32. The summed E-state index contributed by atoms with van der Waals surface area (Å²) in [5.74, 6) is -0.647. The molecule has 2 rings (SSSR count). The second-order valence-electron chi connectivity index (χ2n) is 3.43. The molecule has 0 aliphatic carbocycles. The van der Waals surface area contributed by atoms with E-state index in [9.17, 15) is 9.59 Å². The smallest absolute Gasteiger partial charge is 0.258 e. The maximum atomic E-state index is 12.0. The molecular formula is C11H8Cl2N2O2S2. The summed E-state index contributed by atoms with van der Waals surface area (Å²) in [6.45, 7) is 0. The summed E-state index contributed by atoms with van der Waals surface area (Å²) >= 11 is 14.1. The highest BCUT2D eigenvalue weighted by molar-refractivity contribution is 7.20. The lowest BCUT2D eigenvalue weighted by molar-refractivity contribution is 0.0964. The summed E-state index contributed by atoms with van der Waals surface area (Å²) in [6, 6.07) is 3.14. The molecule has 0 aliphatic rings. The van der Waals surface area contributed by atoms with Crippen LogP contribution in [0.2, 0.25) is 8.67 Å². The fourth-order valence-electron chi connectivity index (χ4n) is 1.39. The molecule has 2 heterocycles. The molecule has 2 aromatic rings. The van der Waals surface area contributed by atoms with E-state index in [0.717, 1.165) is 11.3 Å². The van der Waals surface area contributed by atoms with Crippen LogP contribution in [0.3, 0.4) is 0 Å². The number of hydrogen-bond acceptors (Lipinski definition) is 4. The van der Waals surface area contributed by atoms with Crippen molar-refractivity contribution in [2.24, 2.45) is 0 Å². The van der Waals surface area contributed by atoms with Gasteiger partial charge in [-0.3, -0.25) is 9.59 Å². The molecule has 19 heavy (non-hydrogen) atoms. The van der Waals surface area contributed by atoms with Crippen molar-refractivity contribution in [3.05, 3.63) is 37.3 Å². The Hall–Kier alpha value is -1.08. The Kier molecular flexibility index (Phi) is 4.46. The van der Waals surface area contributed by atoms with Gasteiger partial charge in [0.1, 0.15) is 9.34 Å². The van der Waals surface area contributed by atoms with Gasteiger partial charge >= 0.3 is 0 Å². The molecule has 0 bridgehead atoms. The Morgan fingerprint density at radius 2 is 1.95 bits per heavy atom. The fourth-order valence-corrected chi connectivity index (χ4v) is 3.62. The van der Waals surface area contributed by atoms with Crippen LogP contribution in [0.15, 0.2) is 17.5 Å². The van der Waals surface area contributed by atoms with Gasteiger partial charge in [-0.05, 0) is 17.5 Å². The molecular weight excluding hydrogens is 327 g/mol. The van der Waals surface area contributed by atoms with Crippen molar-refractivity contribution >= 4 is 62.7 Å². The molecule has 4 nitrogen and oxygen atoms in total. The number of anilines is 1. The lowest BCUT2D eigenvalue weighted by Gasteiger charge is -2.04. The zero-order chi connectivity index (χ0) is 14.0. The Balaban J connectivity index is 2.22. The van der Waals surface area contributed by atoms with Crippen LogP contribution >= 0.6 is 45.9 Å². The Morgan fingerprint density at radius 3 is 2.53 bits per heavy atom. The molecule has 0 aromatic carbocycles. The Labute approximate surface area is 127 Å². The summed E-state index contributed by atoms with van der Waals surface area (Å²) in [4.78, 5) is 23.6. The van der Waals surface area contributed by atoms with Crippen LogP contribution in [-0.2, 0) is 0 Å². The minimum absolute atomic E-state index is 0.258. The Morgan fingerprint density at radius 1 is 1.21 bits per heavy atom. The molecule has 2 aromatic heterocycles. The average molecular weight is 335 g/mol. The summed E-state index contributed by atoms with van der Waals surface area (Å²) in [5.41, 5.74) is 0.714. The maximum Gasteiger partial charge on any atom is 0.258 e. The molecule has 0 radical (unpaired) electrons. The van der Waals surface area contributed by atoms with Gasteiger partial charge in [0.15, 0.2) is 0 Å². The van der Waals surface area contributed by atoms with Gasteiger partial charge in [0.05, 0.1) is 15.5 Å². The molecule has 0 atom stereocenters. The summed E-state index contributed by atoms with van der Waals surface area (Å²) in [5, 5.41) is 7.37. The monoisotopic (exact) mass is 334 g/mol. The molecule has 0 saturated carbocycles. The van der Waals surface area contributed by atoms with Crippen LogP contribution in [0, 0.1) is 0 Å². The lowest BCUT2D eigenvalue weighted by Crippen LogP contribution is -2.20. The van der Waals surface area contributed by atoms with Crippen LogP contribution in [0.4, 0.5) is 5.00 Å². The van der Waals surface area contributed by atoms with Crippen LogP contribution in [0.5, 0.6) is 0 Å². The first-order valence-corrected chi connectivity index (χ1v) is 7.54. The quantitative estimate of drug-likeness (QED) is 0.898. The number of carbonyl (C=O) groups excluding carboxylic acids is 2. The highest BCUT2D eigenvalue weighted by atomic mass is 35.5. The number of carbonyl (C=O) groups is 2. The van der Waals surface area contributed by atoms with Crippen molar-refractivity contribution in [2.45, 2.75) is 0 Å². The predicted molar refractivity (Wildman–Crippen MR) is 80.0 cm³/mol. The van der Waals surface area contributed by atoms with Crippen molar-refractivity contribution in [1.82, 2.24) is 5.32 Å². The highest BCUT2D eigenvalue weighted by Gasteiger charge is 2.18. The molecule has 0 aliphatic heterocycles. The van der Waals surface area contributed by atoms with Crippen LogP contribution in [0.1, 0.15) is 20.7 Å². The molecule has 100 valence electrons. The molecule has 0 unspecified atom stereocenters. The van der Waals surface area contributed by atoms with Crippen LogP contribution in [0.25, 0.3) is 0 Å². The average Bonchev–Trinajstić information content (AvgIpc) is 2.95. The first-order chi connectivity index (χ1) is 9.02. The topological polar surface area (TPSA) is 58.2 Å². The maximum absolute atomic E-state index is 12.0. The van der Waals surface area contributed by atoms with E-state index in [4.69, 9.17) is 23.2 Å². The van der Waals surface area contributed by atoms with E-state index in [2.05, 4.69) is 10.6 Å². The summed E-state index contributed by atoms with van der Waals surface area (Å²) < 4.78 is 0.758. The molecule has 2 amide bonds. The largest absolute Gasteiger partial charge is 0.355 e. The molecule has 0 spiro atoms. The fraction of sp³-hybridized carbons (Fsp3) is 0.0909. The van der Waals surface area contributed by atoms with E-state index >= 15 is 0 Å². The first kappa shape index (κ1) is 14.3. The van der Waals surface area contributed by atoms with Gasteiger partial charge in [-0.2, -0.15) is 0 Å².